The van der Waals surface area contributed by atoms with Crippen molar-refractivity contribution in [1.82, 2.24) is 5.32 Å². The van der Waals surface area contributed by atoms with Crippen molar-refractivity contribution in [2.24, 2.45) is 0 Å². The lowest BCUT2D eigenvalue weighted by molar-refractivity contribution is -0.125. The van der Waals surface area contributed by atoms with Crippen LogP contribution in [0, 0.1) is 0 Å². The Morgan fingerprint density at radius 1 is 1.18 bits per heavy atom. The van der Waals surface area contributed by atoms with E-state index in [1.807, 2.05) is 0 Å². The molecule has 90 valence electrons. The fourth-order valence-corrected chi connectivity index (χ4v) is 1.89. The van der Waals surface area contributed by atoms with Gasteiger partial charge in [-0.25, -0.2) is 0 Å². The number of hydrogen-bond donors (Lipinski definition) is 1. The van der Waals surface area contributed by atoms with Crippen molar-refractivity contribution in [2.75, 3.05) is 14.2 Å². The van der Waals surface area contributed by atoms with Crippen LogP contribution in [0.1, 0.15) is 17.9 Å². The Bertz CT molecular complexity index is 470. The molecule has 1 aromatic rings. The van der Waals surface area contributed by atoms with Crippen molar-refractivity contribution in [2.45, 2.75) is 12.3 Å². The fourth-order valence-electron chi connectivity index (χ4n) is 1.89. The van der Waals surface area contributed by atoms with E-state index in [1.54, 1.807) is 25.3 Å². The first-order valence-electron chi connectivity index (χ1n) is 5.21. The molecule has 1 aromatic carbocycles. The summed E-state index contributed by atoms with van der Waals surface area (Å²) in [4.78, 5) is 22.7. The van der Waals surface area contributed by atoms with Gasteiger partial charge in [0.2, 0.25) is 11.8 Å². The first-order valence-corrected chi connectivity index (χ1v) is 5.21. The van der Waals surface area contributed by atoms with Gasteiger partial charge in [-0.2, -0.15) is 0 Å². The van der Waals surface area contributed by atoms with Gasteiger partial charge >= 0.3 is 0 Å². The summed E-state index contributed by atoms with van der Waals surface area (Å²) in [5.41, 5.74) is 0.756. The largest absolute Gasteiger partial charge is 0.493 e. The zero-order valence-electron chi connectivity index (χ0n) is 9.65. The van der Waals surface area contributed by atoms with Crippen LogP contribution >= 0.6 is 0 Å². The summed E-state index contributed by atoms with van der Waals surface area (Å²) in [6.07, 6.45) is 0.189. The number of ether oxygens (including phenoxy) is 2. The molecule has 0 bridgehead atoms. The molecule has 5 nitrogen and oxygen atoms in total. The zero-order chi connectivity index (χ0) is 12.4. The minimum Gasteiger partial charge on any atom is -0.493 e. The Labute approximate surface area is 98.7 Å². The third kappa shape index (κ3) is 2.08. The summed E-state index contributed by atoms with van der Waals surface area (Å²) in [5, 5.41) is 2.28. The second kappa shape index (κ2) is 4.45. The van der Waals surface area contributed by atoms with Gasteiger partial charge in [0.15, 0.2) is 11.5 Å². The molecule has 0 aliphatic carbocycles. The first kappa shape index (κ1) is 11.4. The van der Waals surface area contributed by atoms with Gasteiger partial charge < -0.3 is 9.47 Å². The molecule has 0 radical (unpaired) electrons. The van der Waals surface area contributed by atoms with E-state index in [1.165, 1.54) is 7.11 Å². The van der Waals surface area contributed by atoms with Crippen molar-refractivity contribution >= 4 is 11.8 Å². The van der Waals surface area contributed by atoms with Crippen LogP contribution in [0.3, 0.4) is 0 Å². The maximum absolute atomic E-state index is 11.5. The second-order valence-electron chi connectivity index (χ2n) is 3.78. The van der Waals surface area contributed by atoms with E-state index in [2.05, 4.69) is 5.32 Å². The topological polar surface area (TPSA) is 64.6 Å². The van der Waals surface area contributed by atoms with Gasteiger partial charge in [0, 0.05) is 6.42 Å². The molecule has 0 aromatic heterocycles. The van der Waals surface area contributed by atoms with Crippen molar-refractivity contribution in [3.8, 4) is 11.5 Å². The van der Waals surface area contributed by atoms with Crippen LogP contribution < -0.4 is 14.8 Å². The Hall–Kier alpha value is -2.04. The molecular weight excluding hydrogens is 222 g/mol. The van der Waals surface area contributed by atoms with Gasteiger partial charge in [0.05, 0.1) is 20.1 Å². The lowest BCUT2D eigenvalue weighted by Gasteiger charge is -2.11. The highest BCUT2D eigenvalue weighted by atomic mass is 16.5. The third-order valence-electron chi connectivity index (χ3n) is 2.78. The van der Waals surface area contributed by atoms with Gasteiger partial charge in [-0.05, 0) is 17.7 Å². The number of benzene rings is 1. The number of amides is 2. The number of rotatable bonds is 3. The predicted octanol–water partition coefficient (Wildman–Crippen LogP) is 0.834. The van der Waals surface area contributed by atoms with E-state index in [0.29, 0.717) is 11.5 Å². The molecule has 1 heterocycles. The van der Waals surface area contributed by atoms with Crippen LogP contribution in [0.5, 0.6) is 11.5 Å². The highest BCUT2D eigenvalue weighted by Crippen LogP contribution is 2.33. The average molecular weight is 235 g/mol. The van der Waals surface area contributed by atoms with Crippen LogP contribution in [-0.2, 0) is 9.59 Å². The number of carbonyl (C=O) groups is 2. The first-order chi connectivity index (χ1) is 8.15. The number of carbonyl (C=O) groups excluding carboxylic acids is 2. The summed E-state index contributed by atoms with van der Waals surface area (Å²) in [6, 6.07) is 5.22. The summed E-state index contributed by atoms with van der Waals surface area (Å²) in [7, 11) is 3.07. The van der Waals surface area contributed by atoms with E-state index < -0.39 is 5.92 Å². The highest BCUT2D eigenvalue weighted by molar-refractivity contribution is 6.06. The molecule has 0 spiro atoms. The third-order valence-corrected chi connectivity index (χ3v) is 2.78. The van der Waals surface area contributed by atoms with Crippen molar-refractivity contribution in [3.63, 3.8) is 0 Å². The predicted molar refractivity (Wildman–Crippen MR) is 60.1 cm³/mol. The summed E-state index contributed by atoms with van der Waals surface area (Å²) in [5.74, 6) is 0.220. The molecule has 1 aliphatic rings. The van der Waals surface area contributed by atoms with E-state index in [0.717, 1.165) is 5.56 Å². The molecule has 17 heavy (non-hydrogen) atoms. The quantitative estimate of drug-likeness (QED) is 0.788. The van der Waals surface area contributed by atoms with Crippen LogP contribution in [0.25, 0.3) is 0 Å². The van der Waals surface area contributed by atoms with E-state index in [-0.39, 0.29) is 18.2 Å². The normalized spacial score (nSPS) is 19.1. The molecule has 1 atom stereocenters. The summed E-state index contributed by atoms with van der Waals surface area (Å²) < 4.78 is 10.3. The molecule has 2 rings (SSSR count). The molecule has 0 unspecified atom stereocenters. The lowest BCUT2D eigenvalue weighted by atomic mass is 9.97. The van der Waals surface area contributed by atoms with Gasteiger partial charge in [-0.3, -0.25) is 14.9 Å². The monoisotopic (exact) mass is 235 g/mol. The maximum Gasteiger partial charge on any atom is 0.234 e. The molecule has 1 saturated heterocycles. The molecular formula is C12H13NO4. The maximum atomic E-state index is 11.5. The number of hydrogen-bond acceptors (Lipinski definition) is 4. The lowest BCUT2D eigenvalue weighted by Crippen LogP contribution is -2.21. The van der Waals surface area contributed by atoms with Crippen molar-refractivity contribution < 1.29 is 19.1 Å². The van der Waals surface area contributed by atoms with Gasteiger partial charge in [-0.15, -0.1) is 0 Å². The highest BCUT2D eigenvalue weighted by Gasteiger charge is 2.32. The Kier molecular flexibility index (Phi) is 2.99. The van der Waals surface area contributed by atoms with E-state index >= 15 is 0 Å². The minimum absolute atomic E-state index is 0.189. The van der Waals surface area contributed by atoms with Crippen LogP contribution in [-0.4, -0.2) is 26.0 Å². The number of nitrogens with one attached hydrogen (secondary N) is 1. The Morgan fingerprint density at radius 2 is 1.88 bits per heavy atom. The smallest absolute Gasteiger partial charge is 0.234 e. The van der Waals surface area contributed by atoms with E-state index in [4.69, 9.17) is 9.47 Å². The Balaban J connectivity index is 2.33. The van der Waals surface area contributed by atoms with Gasteiger partial charge in [-0.1, -0.05) is 6.07 Å². The summed E-state index contributed by atoms with van der Waals surface area (Å²) in [6.45, 7) is 0. The fraction of sp³-hybridized carbons (Fsp3) is 0.333. The van der Waals surface area contributed by atoms with Gasteiger partial charge in [0.1, 0.15) is 0 Å². The standard InChI is InChI=1S/C12H13NO4/c1-16-9-4-3-7(5-10(9)17-2)8-6-11(14)13-12(8)15/h3-5,8H,6H2,1-2H3,(H,13,14,15)/t8-/m1/s1. The number of methoxy groups -OCH3 is 2. The second-order valence-corrected chi connectivity index (χ2v) is 3.78. The average Bonchev–Trinajstić information content (AvgIpc) is 2.67. The molecule has 1 fully saturated rings. The van der Waals surface area contributed by atoms with Crippen molar-refractivity contribution in [1.29, 1.82) is 0 Å². The van der Waals surface area contributed by atoms with E-state index in [9.17, 15) is 9.59 Å². The Morgan fingerprint density at radius 3 is 2.41 bits per heavy atom. The summed E-state index contributed by atoms with van der Waals surface area (Å²) >= 11 is 0. The van der Waals surface area contributed by atoms with Crippen LogP contribution in [0.4, 0.5) is 0 Å². The SMILES string of the molecule is COc1ccc([C@H]2CC(=O)NC2=O)cc1OC. The molecule has 1 N–H and O–H groups in total. The van der Waals surface area contributed by atoms with Crippen LogP contribution in [0.15, 0.2) is 18.2 Å². The van der Waals surface area contributed by atoms with Crippen molar-refractivity contribution in [3.05, 3.63) is 23.8 Å². The molecule has 1 aliphatic heterocycles. The zero-order valence-corrected chi connectivity index (χ0v) is 9.65. The molecule has 2 amide bonds. The molecule has 5 heteroatoms. The number of imide groups is 1. The van der Waals surface area contributed by atoms with Gasteiger partial charge in [0.25, 0.3) is 0 Å². The molecule has 0 saturated carbocycles. The minimum atomic E-state index is -0.428. The van der Waals surface area contributed by atoms with Crippen LogP contribution in [0.2, 0.25) is 0 Å².